The van der Waals surface area contributed by atoms with E-state index in [9.17, 15) is 4.79 Å². The van der Waals surface area contributed by atoms with Gasteiger partial charge in [0.25, 0.3) is 5.91 Å². The summed E-state index contributed by atoms with van der Waals surface area (Å²) in [7, 11) is 1.61. The molecule has 5 nitrogen and oxygen atoms in total. The molecule has 134 valence electrons. The van der Waals surface area contributed by atoms with Gasteiger partial charge in [0.05, 0.1) is 13.7 Å². The predicted octanol–water partition coefficient (Wildman–Crippen LogP) is 3.57. The SMILES string of the molecule is CCOc1ccc(CNC(=O)C(CC)Oc2ccc(OC)cc2)cc1. The first-order valence-corrected chi connectivity index (χ1v) is 8.46. The van der Waals surface area contributed by atoms with Gasteiger partial charge < -0.3 is 19.5 Å². The van der Waals surface area contributed by atoms with E-state index in [0.717, 1.165) is 17.1 Å². The highest BCUT2D eigenvalue weighted by Crippen LogP contribution is 2.19. The molecule has 0 saturated heterocycles. The quantitative estimate of drug-likeness (QED) is 0.756. The Balaban J connectivity index is 1.88. The van der Waals surface area contributed by atoms with Crippen LogP contribution in [-0.2, 0) is 11.3 Å². The Kier molecular flexibility index (Phi) is 7.14. The maximum Gasteiger partial charge on any atom is 0.261 e. The van der Waals surface area contributed by atoms with Crippen molar-refractivity contribution in [3.8, 4) is 17.2 Å². The number of ether oxygens (including phenoxy) is 3. The van der Waals surface area contributed by atoms with Gasteiger partial charge in [-0.15, -0.1) is 0 Å². The zero-order valence-corrected chi connectivity index (χ0v) is 15.0. The molecule has 1 amide bonds. The van der Waals surface area contributed by atoms with Crippen LogP contribution in [0.15, 0.2) is 48.5 Å². The number of amides is 1. The molecule has 5 heteroatoms. The van der Waals surface area contributed by atoms with Gasteiger partial charge in [-0.2, -0.15) is 0 Å². The summed E-state index contributed by atoms with van der Waals surface area (Å²) < 4.78 is 16.3. The van der Waals surface area contributed by atoms with Gasteiger partial charge >= 0.3 is 0 Å². The average Bonchev–Trinajstić information content (AvgIpc) is 2.66. The van der Waals surface area contributed by atoms with E-state index < -0.39 is 6.10 Å². The van der Waals surface area contributed by atoms with E-state index in [2.05, 4.69) is 5.32 Å². The highest BCUT2D eigenvalue weighted by molar-refractivity contribution is 5.81. The number of rotatable bonds is 9. The third-order valence-electron chi connectivity index (χ3n) is 3.70. The van der Waals surface area contributed by atoms with Crippen LogP contribution >= 0.6 is 0 Å². The molecule has 0 saturated carbocycles. The molecule has 1 atom stereocenters. The Morgan fingerprint density at radius 2 is 1.56 bits per heavy atom. The Morgan fingerprint density at radius 1 is 0.960 bits per heavy atom. The molecule has 0 aliphatic carbocycles. The zero-order valence-electron chi connectivity index (χ0n) is 15.0. The Hall–Kier alpha value is -2.69. The van der Waals surface area contributed by atoms with Gasteiger partial charge in [0.15, 0.2) is 6.10 Å². The Morgan fingerprint density at radius 3 is 2.12 bits per heavy atom. The molecular weight excluding hydrogens is 318 g/mol. The van der Waals surface area contributed by atoms with Gasteiger partial charge in [-0.1, -0.05) is 19.1 Å². The molecule has 0 spiro atoms. The second kappa shape index (κ2) is 9.57. The van der Waals surface area contributed by atoms with Gasteiger partial charge in [-0.25, -0.2) is 0 Å². The summed E-state index contributed by atoms with van der Waals surface area (Å²) in [6.45, 7) is 4.96. The molecule has 2 aromatic carbocycles. The molecular formula is C20H25NO4. The van der Waals surface area contributed by atoms with Crippen LogP contribution in [0.4, 0.5) is 0 Å². The maximum absolute atomic E-state index is 12.4. The number of nitrogens with one attached hydrogen (secondary N) is 1. The van der Waals surface area contributed by atoms with Gasteiger partial charge in [-0.3, -0.25) is 4.79 Å². The molecule has 1 N–H and O–H groups in total. The van der Waals surface area contributed by atoms with Crippen LogP contribution in [-0.4, -0.2) is 25.7 Å². The number of carbonyl (C=O) groups excluding carboxylic acids is 1. The lowest BCUT2D eigenvalue weighted by atomic mass is 10.2. The lowest BCUT2D eigenvalue weighted by Crippen LogP contribution is -2.37. The van der Waals surface area contributed by atoms with Crippen LogP contribution in [0.25, 0.3) is 0 Å². The van der Waals surface area contributed by atoms with Crippen molar-refractivity contribution in [2.45, 2.75) is 32.9 Å². The van der Waals surface area contributed by atoms with E-state index in [1.807, 2.05) is 38.1 Å². The molecule has 1 unspecified atom stereocenters. The summed E-state index contributed by atoms with van der Waals surface area (Å²) in [5.74, 6) is 2.09. The molecule has 0 bridgehead atoms. The van der Waals surface area contributed by atoms with E-state index in [1.54, 1.807) is 31.4 Å². The summed E-state index contributed by atoms with van der Waals surface area (Å²) in [5, 5.41) is 2.91. The predicted molar refractivity (Wildman–Crippen MR) is 97.2 cm³/mol. The Labute approximate surface area is 148 Å². The maximum atomic E-state index is 12.4. The second-order valence-electron chi connectivity index (χ2n) is 5.49. The highest BCUT2D eigenvalue weighted by atomic mass is 16.5. The van der Waals surface area contributed by atoms with E-state index in [-0.39, 0.29) is 5.91 Å². The fraction of sp³-hybridized carbons (Fsp3) is 0.350. The summed E-state index contributed by atoms with van der Waals surface area (Å²) >= 11 is 0. The van der Waals surface area contributed by atoms with E-state index in [1.165, 1.54) is 0 Å². The first-order valence-electron chi connectivity index (χ1n) is 8.46. The second-order valence-corrected chi connectivity index (χ2v) is 5.49. The number of methoxy groups -OCH3 is 1. The minimum atomic E-state index is -0.531. The number of carbonyl (C=O) groups is 1. The normalized spacial score (nSPS) is 11.5. The largest absolute Gasteiger partial charge is 0.497 e. The van der Waals surface area contributed by atoms with Crippen molar-refractivity contribution in [3.63, 3.8) is 0 Å². The minimum absolute atomic E-state index is 0.132. The van der Waals surface area contributed by atoms with Crippen LogP contribution in [0.1, 0.15) is 25.8 Å². The fourth-order valence-corrected chi connectivity index (χ4v) is 2.31. The fourth-order valence-electron chi connectivity index (χ4n) is 2.31. The number of benzene rings is 2. The molecule has 0 heterocycles. The number of hydrogen-bond donors (Lipinski definition) is 1. The van der Waals surface area contributed by atoms with E-state index in [0.29, 0.717) is 25.3 Å². The zero-order chi connectivity index (χ0) is 18.1. The molecule has 0 radical (unpaired) electrons. The Bertz CT molecular complexity index is 652. The van der Waals surface area contributed by atoms with Crippen molar-refractivity contribution in [1.29, 1.82) is 0 Å². The molecule has 25 heavy (non-hydrogen) atoms. The van der Waals surface area contributed by atoms with Crippen LogP contribution in [0, 0.1) is 0 Å². The molecule has 0 aliphatic heterocycles. The van der Waals surface area contributed by atoms with Crippen molar-refractivity contribution in [3.05, 3.63) is 54.1 Å². The third kappa shape index (κ3) is 5.71. The van der Waals surface area contributed by atoms with E-state index >= 15 is 0 Å². The minimum Gasteiger partial charge on any atom is -0.497 e. The van der Waals surface area contributed by atoms with Crippen molar-refractivity contribution >= 4 is 5.91 Å². The topological polar surface area (TPSA) is 56.8 Å². The molecule has 0 fully saturated rings. The summed E-state index contributed by atoms with van der Waals surface area (Å²) in [4.78, 5) is 12.4. The van der Waals surface area contributed by atoms with Crippen molar-refractivity contribution in [2.75, 3.05) is 13.7 Å². The summed E-state index contributed by atoms with van der Waals surface area (Å²) in [6.07, 6.45) is 0.0531. The molecule has 0 aromatic heterocycles. The van der Waals surface area contributed by atoms with Gasteiger partial charge in [0.1, 0.15) is 17.2 Å². The molecule has 2 aromatic rings. The van der Waals surface area contributed by atoms with Gasteiger partial charge in [0.2, 0.25) is 0 Å². The lowest BCUT2D eigenvalue weighted by molar-refractivity contribution is -0.128. The molecule has 0 aliphatic rings. The summed E-state index contributed by atoms with van der Waals surface area (Å²) in [6, 6.07) is 14.9. The van der Waals surface area contributed by atoms with Crippen molar-refractivity contribution in [1.82, 2.24) is 5.32 Å². The first kappa shape index (κ1) is 18.6. The monoisotopic (exact) mass is 343 g/mol. The first-order chi connectivity index (χ1) is 12.2. The standard InChI is InChI=1S/C20H25NO4/c1-4-19(25-18-12-10-16(23-3)11-13-18)20(22)21-14-15-6-8-17(9-7-15)24-5-2/h6-13,19H,4-5,14H2,1-3H3,(H,21,22). The smallest absolute Gasteiger partial charge is 0.261 e. The van der Waals surface area contributed by atoms with Crippen LogP contribution in [0.2, 0.25) is 0 Å². The van der Waals surface area contributed by atoms with Crippen molar-refractivity contribution in [2.24, 2.45) is 0 Å². The van der Waals surface area contributed by atoms with Crippen LogP contribution in [0.5, 0.6) is 17.2 Å². The molecule has 2 rings (SSSR count). The van der Waals surface area contributed by atoms with Crippen LogP contribution in [0.3, 0.4) is 0 Å². The van der Waals surface area contributed by atoms with Gasteiger partial charge in [0, 0.05) is 6.54 Å². The summed E-state index contributed by atoms with van der Waals surface area (Å²) in [5.41, 5.74) is 1.01. The van der Waals surface area contributed by atoms with Gasteiger partial charge in [-0.05, 0) is 55.3 Å². The van der Waals surface area contributed by atoms with Crippen molar-refractivity contribution < 1.29 is 19.0 Å². The van der Waals surface area contributed by atoms with E-state index in [4.69, 9.17) is 14.2 Å². The number of hydrogen-bond acceptors (Lipinski definition) is 4. The highest BCUT2D eigenvalue weighted by Gasteiger charge is 2.18. The van der Waals surface area contributed by atoms with Crippen LogP contribution < -0.4 is 19.5 Å². The lowest BCUT2D eigenvalue weighted by Gasteiger charge is -2.17. The third-order valence-corrected chi connectivity index (χ3v) is 3.70. The average molecular weight is 343 g/mol.